The molecule has 3 nitrogen and oxygen atoms in total. The Hall–Kier alpha value is -2.81. The van der Waals surface area contributed by atoms with Gasteiger partial charge in [0.25, 0.3) is 0 Å². The fraction of sp³-hybridized carbons (Fsp3) is 0.0556. The number of rotatable bonds is 3. The zero-order valence-corrected chi connectivity index (χ0v) is 11.7. The molecule has 3 aromatic carbocycles. The molecule has 0 aliphatic rings. The van der Waals surface area contributed by atoms with Gasteiger partial charge in [0.1, 0.15) is 5.75 Å². The van der Waals surface area contributed by atoms with Crippen molar-refractivity contribution in [2.75, 3.05) is 12.8 Å². The predicted molar refractivity (Wildman–Crippen MR) is 84.8 cm³/mol. The molecule has 0 saturated heterocycles. The Morgan fingerprint density at radius 3 is 2.19 bits per heavy atom. The maximum atomic E-state index is 12.5. The number of benzene rings is 3. The van der Waals surface area contributed by atoms with Crippen molar-refractivity contribution in [2.24, 2.45) is 0 Å². The summed E-state index contributed by atoms with van der Waals surface area (Å²) in [6.45, 7) is 0. The van der Waals surface area contributed by atoms with Crippen LogP contribution in [0.2, 0.25) is 0 Å². The van der Waals surface area contributed by atoms with E-state index >= 15 is 0 Å². The number of fused-ring (bicyclic) bond motifs is 1. The molecule has 0 amide bonds. The normalized spacial score (nSPS) is 10.5. The molecule has 0 fully saturated rings. The zero-order chi connectivity index (χ0) is 14.8. The smallest absolute Gasteiger partial charge is 0.193 e. The third-order valence-corrected chi connectivity index (χ3v) is 3.48. The molecule has 0 saturated carbocycles. The summed E-state index contributed by atoms with van der Waals surface area (Å²) in [4.78, 5) is 12.5. The van der Waals surface area contributed by atoms with Crippen molar-refractivity contribution in [2.45, 2.75) is 0 Å². The molecule has 0 aliphatic heterocycles. The van der Waals surface area contributed by atoms with Gasteiger partial charge in [-0.2, -0.15) is 0 Å². The van der Waals surface area contributed by atoms with Crippen LogP contribution in [0.1, 0.15) is 15.9 Å². The highest BCUT2D eigenvalue weighted by Crippen LogP contribution is 2.23. The van der Waals surface area contributed by atoms with Gasteiger partial charge in [-0.05, 0) is 53.2 Å². The number of ether oxygens (including phenoxy) is 1. The van der Waals surface area contributed by atoms with Gasteiger partial charge < -0.3 is 10.5 Å². The van der Waals surface area contributed by atoms with Crippen molar-refractivity contribution in [1.82, 2.24) is 0 Å². The number of nitrogen functional groups attached to an aromatic ring is 1. The molecule has 0 unspecified atom stereocenters. The molecule has 0 spiro atoms. The summed E-state index contributed by atoms with van der Waals surface area (Å²) in [7, 11) is 1.64. The average molecular weight is 277 g/mol. The van der Waals surface area contributed by atoms with Crippen molar-refractivity contribution in [3.8, 4) is 5.75 Å². The molecule has 0 aromatic heterocycles. The molecule has 3 aromatic rings. The highest BCUT2D eigenvalue weighted by molar-refractivity contribution is 6.10. The van der Waals surface area contributed by atoms with Crippen molar-refractivity contribution in [3.05, 3.63) is 71.8 Å². The Morgan fingerprint density at radius 1 is 0.857 bits per heavy atom. The van der Waals surface area contributed by atoms with Crippen LogP contribution in [0.25, 0.3) is 10.8 Å². The predicted octanol–water partition coefficient (Wildman–Crippen LogP) is 3.66. The summed E-state index contributed by atoms with van der Waals surface area (Å²) in [5.74, 6) is 0.799. The third-order valence-electron chi connectivity index (χ3n) is 3.48. The number of carbonyl (C=O) groups excluding carboxylic acids is 1. The lowest BCUT2D eigenvalue weighted by Gasteiger charge is -2.06. The topological polar surface area (TPSA) is 52.3 Å². The van der Waals surface area contributed by atoms with Crippen LogP contribution < -0.4 is 10.5 Å². The van der Waals surface area contributed by atoms with E-state index in [4.69, 9.17) is 10.5 Å². The van der Waals surface area contributed by atoms with Crippen LogP contribution in [0.3, 0.4) is 0 Å². The Kier molecular flexibility index (Phi) is 3.32. The maximum Gasteiger partial charge on any atom is 0.193 e. The lowest BCUT2D eigenvalue weighted by atomic mass is 10.00. The molecule has 21 heavy (non-hydrogen) atoms. The van der Waals surface area contributed by atoms with E-state index < -0.39 is 0 Å². The van der Waals surface area contributed by atoms with E-state index in [9.17, 15) is 4.79 Å². The van der Waals surface area contributed by atoms with Gasteiger partial charge in [-0.3, -0.25) is 4.79 Å². The Morgan fingerprint density at radius 2 is 1.48 bits per heavy atom. The molecule has 0 radical (unpaired) electrons. The zero-order valence-electron chi connectivity index (χ0n) is 11.7. The molecule has 2 N–H and O–H groups in total. The second-order valence-corrected chi connectivity index (χ2v) is 4.88. The maximum absolute atomic E-state index is 12.5. The minimum atomic E-state index is -0.00674. The summed E-state index contributed by atoms with van der Waals surface area (Å²) in [5, 5.41) is 2.06. The third kappa shape index (κ3) is 2.58. The number of anilines is 1. The van der Waals surface area contributed by atoms with E-state index in [0.29, 0.717) is 16.8 Å². The molecule has 0 heterocycles. The van der Waals surface area contributed by atoms with Gasteiger partial charge in [-0.25, -0.2) is 0 Å². The van der Waals surface area contributed by atoms with Crippen molar-refractivity contribution >= 4 is 22.2 Å². The highest BCUT2D eigenvalue weighted by atomic mass is 16.5. The molecule has 104 valence electrons. The van der Waals surface area contributed by atoms with Crippen LogP contribution in [0.4, 0.5) is 5.69 Å². The van der Waals surface area contributed by atoms with E-state index in [-0.39, 0.29) is 5.78 Å². The van der Waals surface area contributed by atoms with Crippen molar-refractivity contribution < 1.29 is 9.53 Å². The van der Waals surface area contributed by atoms with E-state index in [2.05, 4.69) is 0 Å². The van der Waals surface area contributed by atoms with Gasteiger partial charge in [-0.1, -0.05) is 18.2 Å². The Labute approximate surface area is 123 Å². The number of hydrogen-bond acceptors (Lipinski definition) is 3. The molecule has 3 heteroatoms. The second kappa shape index (κ2) is 5.29. The van der Waals surface area contributed by atoms with Crippen LogP contribution in [0.5, 0.6) is 5.75 Å². The van der Waals surface area contributed by atoms with Gasteiger partial charge in [0.15, 0.2) is 5.78 Å². The van der Waals surface area contributed by atoms with Crippen LogP contribution in [-0.2, 0) is 0 Å². The number of nitrogens with two attached hydrogens (primary N) is 1. The number of methoxy groups -OCH3 is 1. The van der Waals surface area contributed by atoms with Crippen LogP contribution in [-0.4, -0.2) is 12.9 Å². The van der Waals surface area contributed by atoms with E-state index in [1.165, 1.54) is 0 Å². The van der Waals surface area contributed by atoms with Gasteiger partial charge in [0.2, 0.25) is 0 Å². The molecule has 0 bridgehead atoms. The molecular formula is C18H15NO2. The quantitative estimate of drug-likeness (QED) is 0.587. The summed E-state index contributed by atoms with van der Waals surface area (Å²) in [6, 6.07) is 18.4. The standard InChI is InChI=1S/C18H15NO2/c1-21-17-9-6-13-10-15(3-2-14(13)11-17)18(20)12-4-7-16(19)8-5-12/h2-11H,19H2,1H3. The molecule has 0 aliphatic carbocycles. The summed E-state index contributed by atoms with van der Waals surface area (Å²) in [5.41, 5.74) is 7.59. The van der Waals surface area contributed by atoms with Gasteiger partial charge in [0, 0.05) is 16.8 Å². The first-order valence-electron chi connectivity index (χ1n) is 6.65. The van der Waals surface area contributed by atoms with E-state index in [1.54, 1.807) is 31.4 Å². The summed E-state index contributed by atoms with van der Waals surface area (Å²) < 4.78 is 5.20. The van der Waals surface area contributed by atoms with Crippen LogP contribution in [0.15, 0.2) is 60.7 Å². The van der Waals surface area contributed by atoms with Crippen molar-refractivity contribution in [1.29, 1.82) is 0 Å². The Bertz CT molecular complexity index is 807. The number of ketones is 1. The second-order valence-electron chi connectivity index (χ2n) is 4.88. The van der Waals surface area contributed by atoms with Gasteiger partial charge >= 0.3 is 0 Å². The highest BCUT2D eigenvalue weighted by Gasteiger charge is 2.09. The van der Waals surface area contributed by atoms with Gasteiger partial charge in [-0.15, -0.1) is 0 Å². The minimum Gasteiger partial charge on any atom is -0.497 e. The number of carbonyl (C=O) groups is 1. The first-order valence-corrected chi connectivity index (χ1v) is 6.65. The number of hydrogen-bond donors (Lipinski definition) is 1. The van der Waals surface area contributed by atoms with Crippen molar-refractivity contribution in [3.63, 3.8) is 0 Å². The van der Waals surface area contributed by atoms with Crippen LogP contribution >= 0.6 is 0 Å². The van der Waals surface area contributed by atoms with E-state index in [1.807, 2.05) is 36.4 Å². The Balaban J connectivity index is 2.00. The van der Waals surface area contributed by atoms with Crippen LogP contribution in [0, 0.1) is 0 Å². The first-order chi connectivity index (χ1) is 10.2. The lowest BCUT2D eigenvalue weighted by molar-refractivity contribution is 0.103. The fourth-order valence-electron chi connectivity index (χ4n) is 2.29. The fourth-order valence-corrected chi connectivity index (χ4v) is 2.29. The molecule has 0 atom stereocenters. The largest absolute Gasteiger partial charge is 0.497 e. The minimum absolute atomic E-state index is 0.00674. The molecule has 3 rings (SSSR count). The van der Waals surface area contributed by atoms with Gasteiger partial charge in [0.05, 0.1) is 7.11 Å². The summed E-state index contributed by atoms with van der Waals surface area (Å²) in [6.07, 6.45) is 0. The SMILES string of the molecule is COc1ccc2cc(C(=O)c3ccc(N)cc3)ccc2c1. The summed E-state index contributed by atoms with van der Waals surface area (Å²) >= 11 is 0. The average Bonchev–Trinajstić information content (AvgIpc) is 2.54. The van der Waals surface area contributed by atoms with E-state index in [0.717, 1.165) is 16.5 Å². The monoisotopic (exact) mass is 277 g/mol. The molecular weight excluding hydrogens is 262 g/mol. The first kappa shape index (κ1) is 13.2. The lowest BCUT2D eigenvalue weighted by Crippen LogP contribution is -2.01.